The molecule has 0 saturated heterocycles. The van der Waals surface area contributed by atoms with Crippen LogP contribution in [0.5, 0.6) is 0 Å². The standard InChI is InChI=1S/C13H21F3O3/c1-6-19-10(17)12(18,13(14,15)16)8-9(2)7-11(3,4)5/h18H,2,6-8H2,1,3-5H3/t12-/m1/s1. The molecule has 19 heavy (non-hydrogen) atoms. The van der Waals surface area contributed by atoms with Crippen molar-refractivity contribution in [1.82, 2.24) is 0 Å². The number of ether oxygens (including phenoxy) is 1. The van der Waals surface area contributed by atoms with Crippen LogP contribution in [-0.2, 0) is 9.53 Å². The average Bonchev–Trinajstić information content (AvgIpc) is 2.12. The molecule has 0 unspecified atom stereocenters. The number of aliphatic hydroxyl groups is 1. The Bertz CT molecular complexity index is 342. The maximum atomic E-state index is 12.9. The van der Waals surface area contributed by atoms with Gasteiger partial charge in [0, 0.05) is 6.42 Å². The van der Waals surface area contributed by atoms with Crippen LogP contribution in [0.15, 0.2) is 12.2 Å². The Kier molecular flexibility index (Phi) is 5.62. The largest absolute Gasteiger partial charge is 0.464 e. The molecule has 1 atom stereocenters. The highest BCUT2D eigenvalue weighted by atomic mass is 19.4. The predicted octanol–water partition coefficient (Wildman–Crippen LogP) is 3.23. The van der Waals surface area contributed by atoms with Gasteiger partial charge in [-0.2, -0.15) is 13.2 Å². The minimum atomic E-state index is -5.10. The predicted molar refractivity (Wildman–Crippen MR) is 65.5 cm³/mol. The summed E-state index contributed by atoms with van der Waals surface area (Å²) in [6.07, 6.45) is -5.71. The van der Waals surface area contributed by atoms with Gasteiger partial charge in [-0.25, -0.2) is 4.79 Å². The van der Waals surface area contributed by atoms with E-state index in [1.807, 2.05) is 20.8 Å². The van der Waals surface area contributed by atoms with Crippen molar-refractivity contribution < 1.29 is 27.8 Å². The van der Waals surface area contributed by atoms with Gasteiger partial charge in [-0.05, 0) is 18.8 Å². The number of carbonyl (C=O) groups excluding carboxylic acids is 1. The molecule has 0 aliphatic heterocycles. The van der Waals surface area contributed by atoms with Crippen LogP contribution >= 0.6 is 0 Å². The molecule has 3 nitrogen and oxygen atoms in total. The highest BCUT2D eigenvalue weighted by molar-refractivity contribution is 5.80. The molecular formula is C13H21F3O3. The molecule has 0 spiro atoms. The summed E-state index contributed by atoms with van der Waals surface area (Å²) in [6.45, 7) is 10.1. The van der Waals surface area contributed by atoms with E-state index < -0.39 is 24.2 Å². The smallest absolute Gasteiger partial charge is 0.428 e. The molecule has 1 N–H and O–H groups in total. The Hall–Kier alpha value is -1.04. The van der Waals surface area contributed by atoms with E-state index in [0.29, 0.717) is 0 Å². The van der Waals surface area contributed by atoms with Crippen LogP contribution < -0.4 is 0 Å². The minimum Gasteiger partial charge on any atom is -0.464 e. The monoisotopic (exact) mass is 282 g/mol. The summed E-state index contributed by atoms with van der Waals surface area (Å²) >= 11 is 0. The third-order valence-corrected chi connectivity index (χ3v) is 2.37. The van der Waals surface area contributed by atoms with Crippen molar-refractivity contribution in [3.8, 4) is 0 Å². The molecule has 0 saturated carbocycles. The van der Waals surface area contributed by atoms with Gasteiger partial charge in [0.05, 0.1) is 6.61 Å². The molecule has 0 bridgehead atoms. The molecule has 0 heterocycles. The van der Waals surface area contributed by atoms with Gasteiger partial charge in [0.1, 0.15) is 0 Å². The first-order valence-corrected chi connectivity index (χ1v) is 5.96. The molecule has 0 amide bonds. The first-order valence-electron chi connectivity index (χ1n) is 5.96. The zero-order chi connectivity index (χ0) is 15.5. The van der Waals surface area contributed by atoms with Crippen molar-refractivity contribution in [1.29, 1.82) is 0 Å². The fourth-order valence-corrected chi connectivity index (χ4v) is 1.71. The molecule has 0 fully saturated rings. The van der Waals surface area contributed by atoms with Gasteiger partial charge in [0.2, 0.25) is 0 Å². The van der Waals surface area contributed by atoms with Crippen molar-refractivity contribution >= 4 is 5.97 Å². The Morgan fingerprint density at radius 3 is 2.00 bits per heavy atom. The summed E-state index contributed by atoms with van der Waals surface area (Å²) < 4.78 is 43.0. The Labute approximate surface area is 111 Å². The van der Waals surface area contributed by atoms with Gasteiger partial charge >= 0.3 is 12.1 Å². The van der Waals surface area contributed by atoms with Crippen molar-refractivity contribution in [3.63, 3.8) is 0 Å². The Morgan fingerprint density at radius 2 is 1.68 bits per heavy atom. The van der Waals surface area contributed by atoms with Crippen LogP contribution in [0.1, 0.15) is 40.5 Å². The molecule has 0 radical (unpaired) electrons. The molecule has 112 valence electrons. The highest BCUT2D eigenvalue weighted by Crippen LogP contribution is 2.38. The number of rotatable bonds is 5. The van der Waals surface area contributed by atoms with Crippen LogP contribution in [-0.4, -0.2) is 29.5 Å². The van der Waals surface area contributed by atoms with Gasteiger partial charge < -0.3 is 9.84 Å². The lowest BCUT2D eigenvalue weighted by Crippen LogP contribution is -2.53. The summed E-state index contributed by atoms with van der Waals surface area (Å²) in [6, 6.07) is 0. The topological polar surface area (TPSA) is 46.5 Å². The first kappa shape index (κ1) is 18.0. The van der Waals surface area contributed by atoms with Crippen LogP contribution in [0, 0.1) is 5.41 Å². The SMILES string of the molecule is C=C(CC(C)(C)C)C[C@@](O)(C(=O)OCC)C(F)(F)F. The fourth-order valence-electron chi connectivity index (χ4n) is 1.71. The summed E-state index contributed by atoms with van der Waals surface area (Å²) in [5.74, 6) is -1.68. The second-order valence-corrected chi connectivity index (χ2v) is 5.74. The third kappa shape index (κ3) is 5.22. The first-order chi connectivity index (χ1) is 8.33. The molecule has 0 aromatic heterocycles. The van der Waals surface area contributed by atoms with Crippen molar-refractivity contribution in [2.75, 3.05) is 6.61 Å². The van der Waals surface area contributed by atoms with Crippen molar-refractivity contribution in [2.45, 2.75) is 52.3 Å². The molecule has 0 aliphatic carbocycles. The Balaban J connectivity index is 5.10. The second kappa shape index (κ2) is 5.94. The maximum Gasteiger partial charge on any atom is 0.428 e. The lowest BCUT2D eigenvalue weighted by atomic mass is 9.83. The van der Waals surface area contributed by atoms with E-state index in [1.165, 1.54) is 6.92 Å². The van der Waals surface area contributed by atoms with E-state index in [-0.39, 0.29) is 24.0 Å². The van der Waals surface area contributed by atoms with Gasteiger partial charge in [0.25, 0.3) is 5.60 Å². The summed E-state index contributed by atoms with van der Waals surface area (Å²) in [5, 5.41) is 9.65. The average molecular weight is 282 g/mol. The summed E-state index contributed by atoms with van der Waals surface area (Å²) in [4.78, 5) is 11.4. The van der Waals surface area contributed by atoms with Crippen molar-refractivity contribution in [2.24, 2.45) is 5.41 Å². The fraction of sp³-hybridized carbons (Fsp3) is 0.769. The zero-order valence-electron chi connectivity index (χ0n) is 11.7. The van der Waals surface area contributed by atoms with Gasteiger partial charge in [-0.3, -0.25) is 0 Å². The molecular weight excluding hydrogens is 261 g/mol. The molecule has 0 aromatic carbocycles. The van der Waals surface area contributed by atoms with E-state index in [9.17, 15) is 23.1 Å². The normalized spacial score (nSPS) is 15.8. The van der Waals surface area contributed by atoms with Gasteiger partial charge in [-0.15, -0.1) is 0 Å². The van der Waals surface area contributed by atoms with Crippen LogP contribution in [0.4, 0.5) is 13.2 Å². The third-order valence-electron chi connectivity index (χ3n) is 2.37. The molecule has 0 aromatic rings. The van der Waals surface area contributed by atoms with Crippen LogP contribution in [0.2, 0.25) is 0 Å². The lowest BCUT2D eigenvalue weighted by molar-refractivity contribution is -0.262. The second-order valence-electron chi connectivity index (χ2n) is 5.74. The Morgan fingerprint density at radius 1 is 1.21 bits per heavy atom. The van der Waals surface area contributed by atoms with Gasteiger partial charge in [0.15, 0.2) is 0 Å². The highest BCUT2D eigenvalue weighted by Gasteiger charge is 2.60. The lowest BCUT2D eigenvalue weighted by Gasteiger charge is -2.30. The molecule has 0 rings (SSSR count). The number of esters is 1. The number of halogens is 3. The number of hydrogen-bond donors (Lipinski definition) is 1. The molecule has 6 heteroatoms. The molecule has 0 aliphatic rings. The maximum absolute atomic E-state index is 12.9. The number of hydrogen-bond acceptors (Lipinski definition) is 3. The van der Waals surface area contributed by atoms with E-state index >= 15 is 0 Å². The number of alkyl halides is 3. The van der Waals surface area contributed by atoms with E-state index in [4.69, 9.17) is 0 Å². The van der Waals surface area contributed by atoms with Crippen LogP contribution in [0.25, 0.3) is 0 Å². The van der Waals surface area contributed by atoms with Crippen LogP contribution in [0.3, 0.4) is 0 Å². The van der Waals surface area contributed by atoms with E-state index in [0.717, 1.165) is 0 Å². The zero-order valence-corrected chi connectivity index (χ0v) is 11.7. The van der Waals surface area contributed by atoms with E-state index in [1.54, 1.807) is 0 Å². The van der Waals surface area contributed by atoms with Crippen molar-refractivity contribution in [3.05, 3.63) is 12.2 Å². The summed E-state index contributed by atoms with van der Waals surface area (Å²) in [7, 11) is 0. The quantitative estimate of drug-likeness (QED) is 0.622. The number of carbonyl (C=O) groups is 1. The van der Waals surface area contributed by atoms with E-state index in [2.05, 4.69) is 11.3 Å². The summed E-state index contributed by atoms with van der Waals surface area (Å²) in [5.41, 5.74) is -3.65. The minimum absolute atomic E-state index is 0.153. The van der Waals surface area contributed by atoms with Gasteiger partial charge in [-0.1, -0.05) is 32.9 Å².